The first kappa shape index (κ1) is 11.0. The van der Waals surface area contributed by atoms with E-state index in [1.807, 2.05) is 24.7 Å². The van der Waals surface area contributed by atoms with Gasteiger partial charge in [0.15, 0.2) is 5.52 Å². The summed E-state index contributed by atoms with van der Waals surface area (Å²) in [5.41, 5.74) is 6.03. The van der Waals surface area contributed by atoms with Crippen molar-refractivity contribution >= 4 is 22.1 Å². The number of rotatable bonds is 0. The molecule has 0 bridgehead atoms. The molecule has 0 saturated carbocycles. The third kappa shape index (κ3) is 1.15. The van der Waals surface area contributed by atoms with Gasteiger partial charge in [0.1, 0.15) is 11.2 Å². The zero-order chi connectivity index (χ0) is 14.1. The molecule has 0 spiro atoms. The third-order valence-electron chi connectivity index (χ3n) is 4.54. The lowest BCUT2D eigenvalue weighted by molar-refractivity contribution is -0.648. The molecule has 21 heavy (non-hydrogen) atoms. The van der Waals surface area contributed by atoms with Crippen molar-refractivity contribution in [3.05, 3.63) is 42.4 Å². The normalized spacial score (nSPS) is 13.0. The van der Waals surface area contributed by atoms with Gasteiger partial charge in [0.2, 0.25) is 0 Å². The van der Waals surface area contributed by atoms with E-state index < -0.39 is 0 Å². The molecule has 0 N–H and O–H groups in total. The van der Waals surface area contributed by atoms with E-state index in [9.17, 15) is 0 Å². The van der Waals surface area contributed by atoms with Crippen LogP contribution in [0.25, 0.3) is 33.6 Å². The van der Waals surface area contributed by atoms with Crippen LogP contribution in [0.1, 0.15) is 5.56 Å². The molecule has 1 aliphatic heterocycles. The third-order valence-corrected chi connectivity index (χ3v) is 4.54. The summed E-state index contributed by atoms with van der Waals surface area (Å²) in [5, 5.41) is 1.24. The van der Waals surface area contributed by atoms with Crippen LogP contribution < -0.4 is 4.57 Å². The summed E-state index contributed by atoms with van der Waals surface area (Å²) in [4.78, 5) is 8.84. The van der Waals surface area contributed by atoms with Gasteiger partial charge in [0.25, 0.3) is 11.5 Å². The molecule has 0 aliphatic carbocycles. The number of fused-ring (bicyclic) bond motifs is 7. The molecule has 5 heteroatoms. The van der Waals surface area contributed by atoms with Gasteiger partial charge < -0.3 is 0 Å². The van der Waals surface area contributed by atoms with Crippen molar-refractivity contribution < 1.29 is 4.57 Å². The van der Waals surface area contributed by atoms with Gasteiger partial charge in [0.05, 0.1) is 32.2 Å². The minimum absolute atomic E-state index is 0.882. The Morgan fingerprint density at radius 3 is 2.95 bits per heavy atom. The Hall–Kier alpha value is -2.69. The van der Waals surface area contributed by atoms with E-state index in [4.69, 9.17) is 0 Å². The first-order chi connectivity index (χ1) is 10.3. The van der Waals surface area contributed by atoms with Crippen LogP contribution in [0.2, 0.25) is 0 Å². The van der Waals surface area contributed by atoms with Gasteiger partial charge in [-0.25, -0.2) is 9.55 Å². The summed E-state index contributed by atoms with van der Waals surface area (Å²) in [7, 11) is 4.23. The Morgan fingerprint density at radius 1 is 1.14 bits per heavy atom. The summed E-state index contributed by atoms with van der Waals surface area (Å²) in [6, 6.07) is 6.26. The second-order valence-electron chi connectivity index (χ2n) is 5.60. The fourth-order valence-electron chi connectivity index (χ4n) is 3.65. The highest BCUT2D eigenvalue weighted by Crippen LogP contribution is 2.33. The second-order valence-corrected chi connectivity index (χ2v) is 5.60. The quantitative estimate of drug-likeness (QED) is 0.404. The van der Waals surface area contributed by atoms with Crippen molar-refractivity contribution in [2.24, 2.45) is 14.1 Å². The van der Waals surface area contributed by atoms with Crippen LogP contribution in [0.5, 0.6) is 0 Å². The number of pyridine rings is 2. The van der Waals surface area contributed by atoms with Crippen molar-refractivity contribution in [1.29, 1.82) is 0 Å². The van der Waals surface area contributed by atoms with E-state index in [-0.39, 0.29) is 0 Å². The molecule has 0 saturated heterocycles. The van der Waals surface area contributed by atoms with Crippen LogP contribution in [0.3, 0.4) is 0 Å². The van der Waals surface area contributed by atoms with Crippen molar-refractivity contribution in [1.82, 2.24) is 19.1 Å². The smallest absolute Gasteiger partial charge is 0.261 e. The monoisotopic (exact) mass is 276 g/mol. The van der Waals surface area contributed by atoms with Crippen LogP contribution in [0.4, 0.5) is 0 Å². The van der Waals surface area contributed by atoms with E-state index in [0.29, 0.717) is 0 Å². The molecule has 5 rings (SSSR count). The summed E-state index contributed by atoms with van der Waals surface area (Å²) in [6.45, 7) is 0.882. The fourth-order valence-corrected chi connectivity index (χ4v) is 3.65. The predicted molar refractivity (Wildman–Crippen MR) is 79.7 cm³/mol. The summed E-state index contributed by atoms with van der Waals surface area (Å²) in [5.74, 6) is 1.19. The SMILES string of the molecule is Cn1c2[n+](c3c1c1ccncc1n3C)Cc1cccnc1-2. The van der Waals surface area contributed by atoms with Gasteiger partial charge in [-0.05, 0) is 12.1 Å². The van der Waals surface area contributed by atoms with Crippen LogP contribution in [-0.4, -0.2) is 19.1 Å². The lowest BCUT2D eigenvalue weighted by Crippen LogP contribution is -2.33. The molecule has 5 nitrogen and oxygen atoms in total. The number of hydrogen-bond donors (Lipinski definition) is 0. The van der Waals surface area contributed by atoms with Crippen molar-refractivity contribution in [3.63, 3.8) is 0 Å². The maximum absolute atomic E-state index is 4.58. The molecule has 0 atom stereocenters. The minimum atomic E-state index is 0.882. The fraction of sp³-hybridized carbons (Fsp3) is 0.188. The molecule has 1 aliphatic rings. The molecule has 102 valence electrons. The number of nitrogens with zero attached hydrogens (tertiary/aromatic N) is 5. The highest BCUT2D eigenvalue weighted by molar-refractivity contribution is 6.04. The number of hydrogen-bond acceptors (Lipinski definition) is 2. The average Bonchev–Trinajstić information content (AvgIpc) is 3.11. The minimum Gasteiger partial charge on any atom is -0.261 e. The van der Waals surface area contributed by atoms with E-state index in [0.717, 1.165) is 17.8 Å². The molecule has 0 aromatic carbocycles. The standard InChI is InChI=1S/C16H14N5/c1-19-12-8-17-7-5-11(12)14-16(19)21-9-10-4-3-6-18-13(10)15(21)20(14)2/h3-8H,9H2,1-2H3/q+1. The second kappa shape index (κ2) is 3.49. The summed E-state index contributed by atoms with van der Waals surface area (Å²) < 4.78 is 6.84. The Bertz CT molecular complexity index is 1040. The van der Waals surface area contributed by atoms with Crippen LogP contribution in [0, 0.1) is 0 Å². The highest BCUT2D eigenvalue weighted by Gasteiger charge is 2.35. The average molecular weight is 276 g/mol. The lowest BCUT2D eigenvalue weighted by atomic mass is 10.2. The van der Waals surface area contributed by atoms with Crippen LogP contribution >= 0.6 is 0 Å². The van der Waals surface area contributed by atoms with E-state index in [1.54, 1.807) is 0 Å². The topological polar surface area (TPSA) is 39.5 Å². The van der Waals surface area contributed by atoms with Gasteiger partial charge >= 0.3 is 0 Å². The Labute approximate surface area is 121 Å². The van der Waals surface area contributed by atoms with Gasteiger partial charge in [-0.1, -0.05) is 6.07 Å². The zero-order valence-corrected chi connectivity index (χ0v) is 11.9. The molecular weight excluding hydrogens is 262 g/mol. The molecule has 0 unspecified atom stereocenters. The lowest BCUT2D eigenvalue weighted by Gasteiger charge is -1.96. The Kier molecular flexibility index (Phi) is 1.83. The van der Waals surface area contributed by atoms with Gasteiger partial charge in [-0.2, -0.15) is 0 Å². The molecule has 0 radical (unpaired) electrons. The van der Waals surface area contributed by atoms with E-state index >= 15 is 0 Å². The maximum Gasteiger partial charge on any atom is 0.269 e. The van der Waals surface area contributed by atoms with Crippen molar-refractivity contribution in [3.8, 4) is 11.5 Å². The van der Waals surface area contributed by atoms with Gasteiger partial charge in [-0.3, -0.25) is 14.1 Å². The predicted octanol–water partition coefficient (Wildman–Crippen LogP) is 1.78. The number of aromatic nitrogens is 5. The van der Waals surface area contributed by atoms with Crippen LogP contribution in [-0.2, 0) is 20.6 Å². The van der Waals surface area contributed by atoms with E-state index in [2.05, 4.69) is 49.9 Å². The van der Waals surface area contributed by atoms with E-state index in [1.165, 1.54) is 27.9 Å². The van der Waals surface area contributed by atoms with Gasteiger partial charge in [0, 0.05) is 18.0 Å². The zero-order valence-electron chi connectivity index (χ0n) is 11.9. The number of imidazole rings is 1. The maximum atomic E-state index is 4.58. The first-order valence-electron chi connectivity index (χ1n) is 7.02. The molecule has 0 fully saturated rings. The molecule has 5 heterocycles. The van der Waals surface area contributed by atoms with Gasteiger partial charge in [-0.15, -0.1) is 0 Å². The van der Waals surface area contributed by atoms with Crippen molar-refractivity contribution in [2.45, 2.75) is 6.54 Å². The number of aryl methyl sites for hydroxylation is 2. The largest absolute Gasteiger partial charge is 0.269 e. The Balaban J connectivity index is 2.02. The molecule has 0 amide bonds. The molecular formula is C16H14N5+. The summed E-state index contributed by atoms with van der Waals surface area (Å²) >= 11 is 0. The Morgan fingerprint density at radius 2 is 2.05 bits per heavy atom. The highest BCUT2D eigenvalue weighted by atomic mass is 15.2. The van der Waals surface area contributed by atoms with Crippen LogP contribution in [0.15, 0.2) is 36.8 Å². The summed E-state index contributed by atoms with van der Waals surface area (Å²) in [6.07, 6.45) is 5.66. The molecule has 4 aromatic heterocycles. The van der Waals surface area contributed by atoms with Crippen molar-refractivity contribution in [2.75, 3.05) is 0 Å². The first-order valence-corrected chi connectivity index (χ1v) is 7.02. The molecule has 4 aromatic rings.